The highest BCUT2D eigenvalue weighted by molar-refractivity contribution is 9.10. The van der Waals surface area contributed by atoms with Crippen molar-refractivity contribution in [2.75, 3.05) is 6.54 Å². The van der Waals surface area contributed by atoms with Crippen molar-refractivity contribution in [2.24, 2.45) is 0 Å². The average molecular weight is 591 g/mol. The lowest BCUT2D eigenvalue weighted by Crippen LogP contribution is -2.41. The average Bonchev–Trinajstić information content (AvgIpc) is 3.21. The number of imide groups is 1. The van der Waals surface area contributed by atoms with Gasteiger partial charge in [0.15, 0.2) is 0 Å². The number of fused-ring (bicyclic) bond motifs is 5. The van der Waals surface area contributed by atoms with Crippen LogP contribution in [0.3, 0.4) is 0 Å². The summed E-state index contributed by atoms with van der Waals surface area (Å²) in [5.74, 6) is -0.346. The van der Waals surface area contributed by atoms with Crippen molar-refractivity contribution in [2.45, 2.75) is 17.9 Å². The first-order valence-electron chi connectivity index (χ1n) is 13.0. The standard InChI is InChI=1S/C33H23BrN2O4/c34-23-13-14-28-21(17-23)18-27-29(20-7-2-1-3-8-20)33(39,22-9-6-10-24(19-22)40-30(27)35-28)15-16-36-31(37)25-11-4-5-12-26(25)32(36)38/h1-14,17-19,29,39H,15-16H2. The molecule has 40 heavy (non-hydrogen) atoms. The van der Waals surface area contributed by atoms with Gasteiger partial charge in [-0.3, -0.25) is 14.5 Å². The Kier molecular flexibility index (Phi) is 5.80. The highest BCUT2D eigenvalue weighted by atomic mass is 79.9. The number of rotatable bonds is 4. The number of ether oxygens (including phenoxy) is 1. The highest BCUT2D eigenvalue weighted by Gasteiger charge is 2.45. The van der Waals surface area contributed by atoms with Gasteiger partial charge in [-0.15, -0.1) is 0 Å². The van der Waals surface area contributed by atoms with Crippen LogP contribution in [0.15, 0.2) is 108 Å². The normalized spacial score (nSPS) is 19.6. The van der Waals surface area contributed by atoms with E-state index in [0.29, 0.717) is 33.9 Å². The van der Waals surface area contributed by atoms with Crippen molar-refractivity contribution in [3.8, 4) is 11.6 Å². The first-order chi connectivity index (χ1) is 19.4. The number of benzene rings is 4. The third-order valence-electron chi connectivity index (χ3n) is 7.83. The Labute approximate surface area is 239 Å². The highest BCUT2D eigenvalue weighted by Crippen LogP contribution is 2.50. The molecule has 4 aromatic carbocycles. The molecule has 0 aliphatic carbocycles. The van der Waals surface area contributed by atoms with Crippen LogP contribution in [0.1, 0.15) is 49.7 Å². The van der Waals surface area contributed by atoms with Crippen LogP contribution in [-0.4, -0.2) is 33.3 Å². The molecule has 0 radical (unpaired) electrons. The SMILES string of the molecule is O=C1c2ccccc2C(=O)N1CCC1(O)c2cccc(c2)Oc2nc3ccc(Br)cc3cc2C1c1ccccc1. The second-order valence-electron chi connectivity index (χ2n) is 10.2. The fraction of sp³-hybridized carbons (Fsp3) is 0.121. The molecular weight excluding hydrogens is 568 g/mol. The van der Waals surface area contributed by atoms with E-state index in [1.54, 1.807) is 24.3 Å². The third-order valence-corrected chi connectivity index (χ3v) is 8.33. The molecule has 0 spiro atoms. The second kappa shape index (κ2) is 9.40. The molecule has 0 saturated carbocycles. The Morgan fingerprint density at radius 3 is 2.33 bits per heavy atom. The summed E-state index contributed by atoms with van der Waals surface area (Å²) < 4.78 is 7.24. The minimum atomic E-state index is -1.51. The summed E-state index contributed by atoms with van der Waals surface area (Å²) in [5.41, 5.74) is 2.24. The minimum absolute atomic E-state index is 0.0408. The lowest BCUT2D eigenvalue weighted by atomic mass is 9.71. The number of hydrogen-bond acceptors (Lipinski definition) is 5. The molecule has 2 amide bonds. The molecule has 196 valence electrons. The summed E-state index contributed by atoms with van der Waals surface area (Å²) in [6, 6.07) is 31.8. The molecule has 6 nitrogen and oxygen atoms in total. The van der Waals surface area contributed by atoms with Crippen molar-refractivity contribution < 1.29 is 19.4 Å². The molecule has 0 saturated heterocycles. The molecule has 7 rings (SSSR count). The van der Waals surface area contributed by atoms with Crippen LogP contribution in [0, 0.1) is 0 Å². The van der Waals surface area contributed by atoms with E-state index in [4.69, 9.17) is 9.72 Å². The van der Waals surface area contributed by atoms with Crippen LogP contribution in [-0.2, 0) is 5.60 Å². The van der Waals surface area contributed by atoms with Crippen LogP contribution in [0.2, 0.25) is 0 Å². The summed E-state index contributed by atoms with van der Waals surface area (Å²) in [7, 11) is 0. The van der Waals surface area contributed by atoms with Gasteiger partial charge in [-0.2, -0.15) is 0 Å². The zero-order valence-electron chi connectivity index (χ0n) is 21.3. The molecule has 7 heteroatoms. The summed E-state index contributed by atoms with van der Waals surface area (Å²) >= 11 is 3.56. The largest absolute Gasteiger partial charge is 0.439 e. The zero-order chi connectivity index (χ0) is 27.4. The second-order valence-corrected chi connectivity index (χ2v) is 11.1. The Morgan fingerprint density at radius 1 is 0.850 bits per heavy atom. The smallest absolute Gasteiger partial charge is 0.261 e. The van der Waals surface area contributed by atoms with E-state index < -0.39 is 11.5 Å². The molecule has 2 aliphatic rings. The van der Waals surface area contributed by atoms with Crippen molar-refractivity contribution in [1.82, 2.24) is 9.88 Å². The number of carbonyl (C=O) groups is 2. The van der Waals surface area contributed by atoms with E-state index >= 15 is 0 Å². The summed E-state index contributed by atoms with van der Waals surface area (Å²) in [6.07, 6.45) is 0.109. The van der Waals surface area contributed by atoms with Crippen LogP contribution in [0.25, 0.3) is 10.9 Å². The number of nitrogens with zero attached hydrogens (tertiary/aromatic N) is 2. The number of hydrogen-bond donors (Lipinski definition) is 1. The monoisotopic (exact) mass is 590 g/mol. The lowest BCUT2D eigenvalue weighted by molar-refractivity contribution is 0.00192. The van der Waals surface area contributed by atoms with Crippen LogP contribution in [0.4, 0.5) is 0 Å². The van der Waals surface area contributed by atoms with Crippen LogP contribution in [0.5, 0.6) is 11.6 Å². The van der Waals surface area contributed by atoms with Gasteiger partial charge in [-0.05, 0) is 66.1 Å². The van der Waals surface area contributed by atoms with Crippen molar-refractivity contribution in [3.63, 3.8) is 0 Å². The molecule has 1 N–H and O–H groups in total. The fourth-order valence-corrected chi connectivity index (χ4v) is 6.29. The van der Waals surface area contributed by atoms with Gasteiger partial charge in [0.25, 0.3) is 11.8 Å². The first-order valence-corrected chi connectivity index (χ1v) is 13.8. The molecule has 2 unspecified atom stereocenters. The van der Waals surface area contributed by atoms with Gasteiger partial charge < -0.3 is 9.84 Å². The Balaban J connectivity index is 1.40. The van der Waals surface area contributed by atoms with Crippen LogP contribution < -0.4 is 4.74 Å². The van der Waals surface area contributed by atoms with Crippen molar-refractivity contribution in [1.29, 1.82) is 0 Å². The number of halogens is 1. The van der Waals surface area contributed by atoms with E-state index in [2.05, 4.69) is 15.9 Å². The van der Waals surface area contributed by atoms with E-state index in [1.165, 1.54) is 4.90 Å². The molecule has 5 aromatic rings. The van der Waals surface area contributed by atoms with Crippen molar-refractivity contribution >= 4 is 38.6 Å². The van der Waals surface area contributed by atoms with Crippen molar-refractivity contribution in [3.05, 3.63) is 135 Å². The van der Waals surface area contributed by atoms with Gasteiger partial charge >= 0.3 is 0 Å². The zero-order valence-corrected chi connectivity index (χ0v) is 22.8. The lowest BCUT2D eigenvalue weighted by Gasteiger charge is -2.40. The number of pyridine rings is 1. The Morgan fingerprint density at radius 2 is 1.57 bits per heavy atom. The Hall–Kier alpha value is -4.33. The quantitative estimate of drug-likeness (QED) is 0.233. The molecule has 0 fully saturated rings. The topological polar surface area (TPSA) is 79.7 Å². The maximum absolute atomic E-state index is 13.2. The van der Waals surface area contributed by atoms with E-state index in [9.17, 15) is 14.7 Å². The van der Waals surface area contributed by atoms with Gasteiger partial charge in [-0.1, -0.05) is 70.5 Å². The predicted octanol–water partition coefficient (Wildman–Crippen LogP) is 6.81. The van der Waals surface area contributed by atoms with E-state index in [0.717, 1.165) is 20.9 Å². The molecular formula is C33H23BrN2O4. The van der Waals surface area contributed by atoms with Gasteiger partial charge in [0.05, 0.1) is 16.6 Å². The fourth-order valence-electron chi connectivity index (χ4n) is 5.91. The number of aliphatic hydroxyl groups is 1. The summed E-state index contributed by atoms with van der Waals surface area (Å²) in [4.78, 5) is 32.5. The van der Waals surface area contributed by atoms with E-state index in [-0.39, 0.29) is 24.8 Å². The number of aromatic nitrogens is 1. The van der Waals surface area contributed by atoms with Gasteiger partial charge in [0.1, 0.15) is 11.4 Å². The van der Waals surface area contributed by atoms with Crippen LogP contribution >= 0.6 is 15.9 Å². The van der Waals surface area contributed by atoms with Gasteiger partial charge in [0, 0.05) is 27.9 Å². The van der Waals surface area contributed by atoms with Gasteiger partial charge in [0.2, 0.25) is 5.88 Å². The van der Waals surface area contributed by atoms with E-state index in [1.807, 2.05) is 78.9 Å². The summed E-state index contributed by atoms with van der Waals surface area (Å²) in [5, 5.41) is 13.7. The molecule has 2 atom stereocenters. The maximum Gasteiger partial charge on any atom is 0.261 e. The molecule has 2 aliphatic heterocycles. The maximum atomic E-state index is 13.2. The number of amides is 2. The third kappa shape index (κ3) is 3.93. The molecule has 1 aromatic heterocycles. The summed E-state index contributed by atoms with van der Waals surface area (Å²) in [6.45, 7) is 0.0408. The minimum Gasteiger partial charge on any atom is -0.439 e. The van der Waals surface area contributed by atoms with Gasteiger partial charge in [-0.25, -0.2) is 4.98 Å². The number of carbonyl (C=O) groups excluding carboxylic acids is 2. The predicted molar refractivity (Wildman–Crippen MR) is 155 cm³/mol. The molecule has 2 bridgehead atoms. The first kappa shape index (κ1) is 24.7. The Bertz CT molecular complexity index is 1790. The molecule has 3 heterocycles.